The Bertz CT molecular complexity index is 320. The molecule has 1 rings (SSSR count). The van der Waals surface area contributed by atoms with Crippen molar-refractivity contribution in [1.82, 2.24) is 4.81 Å². The minimum atomic E-state index is 0.395. The molecular weight excluding hydrogens is 224 g/mol. The molecule has 1 heterocycles. The summed E-state index contributed by atoms with van der Waals surface area (Å²) < 4.78 is 0. The largest absolute Gasteiger partial charge is 0.342 e. The fourth-order valence-electron chi connectivity index (χ4n) is 1.98. The number of piperidine rings is 1. The minimum Gasteiger partial charge on any atom is -0.342 e. The molecule has 1 aliphatic heterocycles. The van der Waals surface area contributed by atoms with E-state index >= 15 is 0 Å². The molecule has 0 saturated carbocycles. The molecule has 1 radical (unpaired) electrons. The number of hydrogen-bond donors (Lipinski definition) is 0. The third kappa shape index (κ3) is 4.45. The smallest absolute Gasteiger partial charge is 0.247 e. The van der Waals surface area contributed by atoms with Crippen molar-refractivity contribution in [3.05, 3.63) is 36.4 Å². The highest BCUT2D eigenvalue weighted by Crippen LogP contribution is 2.35. The molecule has 0 bridgehead atoms. The summed E-state index contributed by atoms with van der Waals surface area (Å²) in [5.74, 6) is 0.699. The molecule has 2 unspecified atom stereocenters. The van der Waals surface area contributed by atoms with Crippen molar-refractivity contribution in [3.8, 4) is 0 Å². The quantitative estimate of drug-likeness (QED) is 0.419. The summed E-state index contributed by atoms with van der Waals surface area (Å²) >= 11 is 0. The van der Waals surface area contributed by atoms with Gasteiger partial charge in [0.05, 0.1) is 0 Å². The van der Waals surface area contributed by atoms with Crippen LogP contribution in [-0.4, -0.2) is 30.5 Å². The lowest BCUT2D eigenvalue weighted by Gasteiger charge is -2.42. The highest BCUT2D eigenvalue weighted by Gasteiger charge is 2.32. The zero-order valence-electron chi connectivity index (χ0n) is 11.3. The summed E-state index contributed by atoms with van der Waals surface area (Å²) in [7, 11) is 5.24. The highest BCUT2D eigenvalue weighted by molar-refractivity contribution is 7.19. The third-order valence-electron chi connectivity index (χ3n) is 3.62. The van der Waals surface area contributed by atoms with Crippen molar-refractivity contribution < 1.29 is 0 Å². The van der Waals surface area contributed by atoms with E-state index in [0.29, 0.717) is 11.1 Å². The molecule has 0 amide bonds. The van der Waals surface area contributed by atoms with E-state index in [1.54, 1.807) is 0 Å². The van der Waals surface area contributed by atoms with E-state index in [9.17, 15) is 0 Å². The van der Waals surface area contributed by atoms with Gasteiger partial charge in [0.2, 0.25) is 7.41 Å². The predicted molar refractivity (Wildman–Crippen MR) is 82.3 cm³/mol. The maximum absolute atomic E-state index is 3.86. The van der Waals surface area contributed by atoms with Crippen LogP contribution >= 0.6 is 9.24 Å². The molecule has 0 aromatic heterocycles. The number of nitrogens with zero attached hydrogens (tertiary/aromatic N) is 1. The van der Waals surface area contributed by atoms with Crippen molar-refractivity contribution in [3.63, 3.8) is 0 Å². The lowest BCUT2D eigenvalue weighted by Crippen LogP contribution is -2.47. The van der Waals surface area contributed by atoms with Crippen LogP contribution in [0, 0.1) is 5.92 Å². The molecule has 1 nitrogen and oxygen atoms in total. The minimum absolute atomic E-state index is 0.395. The van der Waals surface area contributed by atoms with Gasteiger partial charge >= 0.3 is 0 Å². The lowest BCUT2D eigenvalue weighted by atomic mass is 9.75. The molecule has 0 N–H and O–H groups in total. The van der Waals surface area contributed by atoms with Crippen LogP contribution < -0.4 is 0 Å². The van der Waals surface area contributed by atoms with Gasteiger partial charge in [-0.15, -0.1) is 9.24 Å². The van der Waals surface area contributed by atoms with Crippen molar-refractivity contribution >= 4 is 16.7 Å². The molecule has 1 saturated heterocycles. The van der Waals surface area contributed by atoms with E-state index in [0.717, 1.165) is 13.1 Å². The molecular formula is C14H24BNP. The van der Waals surface area contributed by atoms with Gasteiger partial charge in [0.25, 0.3) is 0 Å². The predicted octanol–water partition coefficient (Wildman–Crippen LogP) is 3.23. The topological polar surface area (TPSA) is 3.24 Å². The highest BCUT2D eigenvalue weighted by atomic mass is 31.0. The first-order chi connectivity index (χ1) is 7.99. The van der Waals surface area contributed by atoms with Gasteiger partial charge in [0.1, 0.15) is 0 Å². The summed E-state index contributed by atoms with van der Waals surface area (Å²) in [6.45, 7) is 12.8. The molecule has 1 aliphatic rings. The zero-order valence-corrected chi connectivity index (χ0v) is 12.5. The SMILES string of the molecule is C=C/C([B]N1CC[C@@](C)(P)C(C)C1)=C\C=C/C. The first kappa shape index (κ1) is 14.7. The van der Waals surface area contributed by atoms with Gasteiger partial charge in [-0.2, -0.15) is 0 Å². The van der Waals surface area contributed by atoms with Gasteiger partial charge in [-0.1, -0.05) is 50.2 Å². The standard InChI is InChI=1S/C14H24BNP/c1-5-7-8-13(6-2)15-16-10-9-14(4,17)12(3)11-16/h5-8,12H,2,9-11,17H2,1,3-4H3/b7-5-,13-8+/t12?,14-/m1/s1. The summed E-state index contributed by atoms with van der Waals surface area (Å²) in [5, 5.41) is 0.395. The zero-order chi connectivity index (χ0) is 12.9. The second-order valence-corrected chi connectivity index (χ2v) is 6.50. The molecule has 3 atom stereocenters. The van der Waals surface area contributed by atoms with Crippen LogP contribution in [0.4, 0.5) is 0 Å². The van der Waals surface area contributed by atoms with E-state index in [2.05, 4.69) is 54.0 Å². The second-order valence-electron chi connectivity index (χ2n) is 5.18. The fraction of sp³-hybridized carbons (Fsp3) is 0.571. The van der Waals surface area contributed by atoms with Crippen molar-refractivity contribution in [1.29, 1.82) is 0 Å². The van der Waals surface area contributed by atoms with Gasteiger partial charge in [-0.3, -0.25) is 0 Å². The number of hydrogen-bond acceptors (Lipinski definition) is 1. The van der Waals surface area contributed by atoms with E-state index in [1.807, 2.05) is 19.1 Å². The molecule has 0 aromatic rings. The van der Waals surface area contributed by atoms with Crippen LogP contribution in [0.3, 0.4) is 0 Å². The Kier molecular flexibility index (Phi) is 5.69. The van der Waals surface area contributed by atoms with Crippen molar-refractivity contribution in [2.24, 2.45) is 5.92 Å². The van der Waals surface area contributed by atoms with Gasteiger partial charge in [0, 0.05) is 0 Å². The molecule has 0 aromatic carbocycles. The Morgan fingerprint density at radius 2 is 2.29 bits per heavy atom. The van der Waals surface area contributed by atoms with Crippen molar-refractivity contribution in [2.75, 3.05) is 13.1 Å². The van der Waals surface area contributed by atoms with Crippen LogP contribution in [0.1, 0.15) is 27.2 Å². The van der Waals surface area contributed by atoms with Crippen LogP contribution in [0.5, 0.6) is 0 Å². The Morgan fingerprint density at radius 1 is 1.59 bits per heavy atom. The van der Waals surface area contributed by atoms with Gasteiger partial charge < -0.3 is 4.81 Å². The van der Waals surface area contributed by atoms with Gasteiger partial charge in [0.15, 0.2) is 0 Å². The first-order valence-electron chi connectivity index (χ1n) is 6.33. The van der Waals surface area contributed by atoms with Crippen LogP contribution in [0.15, 0.2) is 36.4 Å². The monoisotopic (exact) mass is 248 g/mol. The molecule has 93 valence electrons. The van der Waals surface area contributed by atoms with Crippen LogP contribution in [0.2, 0.25) is 0 Å². The Morgan fingerprint density at radius 3 is 2.82 bits per heavy atom. The summed E-state index contributed by atoms with van der Waals surface area (Å²) in [4.78, 5) is 2.41. The molecule has 1 fully saturated rings. The average molecular weight is 248 g/mol. The maximum atomic E-state index is 3.86. The summed E-state index contributed by atoms with van der Waals surface area (Å²) in [6, 6.07) is 0. The molecule has 0 aliphatic carbocycles. The second kappa shape index (κ2) is 6.57. The van der Waals surface area contributed by atoms with Crippen molar-refractivity contribution in [2.45, 2.75) is 32.3 Å². The Labute approximate surface area is 110 Å². The van der Waals surface area contributed by atoms with E-state index in [-0.39, 0.29) is 0 Å². The first-order valence-corrected chi connectivity index (χ1v) is 6.90. The lowest BCUT2D eigenvalue weighted by molar-refractivity contribution is 0.240. The van der Waals surface area contributed by atoms with Crippen LogP contribution in [-0.2, 0) is 0 Å². The molecule has 17 heavy (non-hydrogen) atoms. The van der Waals surface area contributed by atoms with Crippen LogP contribution in [0.25, 0.3) is 0 Å². The average Bonchev–Trinajstić information content (AvgIpc) is 2.29. The van der Waals surface area contributed by atoms with Gasteiger partial charge in [-0.05, 0) is 37.5 Å². The maximum Gasteiger partial charge on any atom is 0.247 e. The summed E-state index contributed by atoms with van der Waals surface area (Å²) in [6.07, 6.45) is 9.34. The van der Waals surface area contributed by atoms with Gasteiger partial charge in [-0.25, -0.2) is 0 Å². The molecule has 3 heteroatoms. The number of rotatable bonds is 4. The van der Waals surface area contributed by atoms with E-state index in [1.165, 1.54) is 11.9 Å². The fourth-order valence-corrected chi connectivity index (χ4v) is 2.22. The number of allylic oxidation sites excluding steroid dienone is 5. The Hall–Kier alpha value is -0.325. The third-order valence-corrected chi connectivity index (χ3v) is 4.48. The summed E-state index contributed by atoms with van der Waals surface area (Å²) in [5.41, 5.74) is 1.18. The molecule has 0 spiro atoms. The van der Waals surface area contributed by atoms with E-state index < -0.39 is 0 Å². The Balaban J connectivity index is 2.56. The van der Waals surface area contributed by atoms with E-state index in [4.69, 9.17) is 0 Å². The normalized spacial score (nSPS) is 31.8.